The smallest absolute Gasteiger partial charge is 0.261 e. The summed E-state index contributed by atoms with van der Waals surface area (Å²) in [5.74, 6) is -12.1. The molecule has 0 fully saturated rings. The van der Waals surface area contributed by atoms with Gasteiger partial charge in [-0.1, -0.05) is 0 Å². The Balaban J connectivity index is 2.37. The molecule has 0 bridgehead atoms. The van der Waals surface area contributed by atoms with Gasteiger partial charge < -0.3 is 10.1 Å². The van der Waals surface area contributed by atoms with Gasteiger partial charge in [0.2, 0.25) is 5.82 Å². The Labute approximate surface area is 121 Å². The van der Waals surface area contributed by atoms with Gasteiger partial charge in [-0.2, -0.15) is 0 Å². The van der Waals surface area contributed by atoms with Crippen molar-refractivity contribution in [3.63, 3.8) is 0 Å². The minimum Gasteiger partial charge on any atom is -0.497 e. The number of amides is 1. The number of hydrogen-bond acceptors (Lipinski definition) is 2. The molecule has 0 atom stereocenters. The van der Waals surface area contributed by atoms with Crippen LogP contribution in [0.3, 0.4) is 0 Å². The second-order valence-corrected chi connectivity index (χ2v) is 4.13. The van der Waals surface area contributed by atoms with E-state index >= 15 is 0 Å². The normalized spacial score (nSPS) is 10.5. The zero-order chi connectivity index (χ0) is 16.4. The lowest BCUT2D eigenvalue weighted by atomic mass is 10.1. The van der Waals surface area contributed by atoms with Gasteiger partial charge >= 0.3 is 0 Å². The zero-order valence-electron chi connectivity index (χ0n) is 11.0. The van der Waals surface area contributed by atoms with Crippen LogP contribution in [0.5, 0.6) is 5.75 Å². The standard InChI is InChI=1S/C14H8F5NO2/c1-22-7-4-2-6(3-5-7)20-14(21)8-9(15)11(17)13(19)12(18)10(8)16/h2-5H,1H3,(H,20,21). The average molecular weight is 317 g/mol. The van der Waals surface area contributed by atoms with Crippen LogP contribution in [0.1, 0.15) is 10.4 Å². The van der Waals surface area contributed by atoms with E-state index in [0.717, 1.165) is 0 Å². The van der Waals surface area contributed by atoms with E-state index in [4.69, 9.17) is 4.74 Å². The van der Waals surface area contributed by atoms with E-state index in [2.05, 4.69) is 0 Å². The summed E-state index contributed by atoms with van der Waals surface area (Å²) in [6, 6.07) is 5.55. The molecule has 0 aliphatic carbocycles. The monoisotopic (exact) mass is 317 g/mol. The molecule has 2 aromatic carbocycles. The molecule has 0 saturated heterocycles. The van der Waals surface area contributed by atoms with Crippen LogP contribution in [0.2, 0.25) is 0 Å². The van der Waals surface area contributed by atoms with Gasteiger partial charge in [0.05, 0.1) is 7.11 Å². The highest BCUT2D eigenvalue weighted by molar-refractivity contribution is 6.04. The maximum atomic E-state index is 13.5. The van der Waals surface area contributed by atoms with E-state index in [0.29, 0.717) is 5.75 Å². The van der Waals surface area contributed by atoms with E-state index in [-0.39, 0.29) is 5.69 Å². The molecule has 3 nitrogen and oxygen atoms in total. The number of halogens is 5. The number of rotatable bonds is 3. The molecule has 22 heavy (non-hydrogen) atoms. The first kappa shape index (κ1) is 15.7. The zero-order valence-corrected chi connectivity index (χ0v) is 11.0. The maximum Gasteiger partial charge on any atom is 0.261 e. The first-order chi connectivity index (χ1) is 10.4. The summed E-state index contributed by atoms with van der Waals surface area (Å²) in [6.07, 6.45) is 0. The van der Waals surface area contributed by atoms with Gasteiger partial charge in [-0.15, -0.1) is 0 Å². The fourth-order valence-corrected chi connectivity index (χ4v) is 1.67. The van der Waals surface area contributed by atoms with E-state index in [1.807, 2.05) is 5.32 Å². The molecule has 0 aliphatic heterocycles. The van der Waals surface area contributed by atoms with Crippen molar-refractivity contribution in [1.29, 1.82) is 0 Å². The lowest BCUT2D eigenvalue weighted by Gasteiger charge is -2.09. The van der Waals surface area contributed by atoms with Crippen LogP contribution in [0, 0.1) is 29.1 Å². The van der Waals surface area contributed by atoms with Crippen LogP contribution < -0.4 is 10.1 Å². The highest BCUT2D eigenvalue weighted by Crippen LogP contribution is 2.24. The fraction of sp³-hybridized carbons (Fsp3) is 0.0714. The Hall–Kier alpha value is -2.64. The summed E-state index contributed by atoms with van der Waals surface area (Å²) >= 11 is 0. The number of ether oxygens (including phenoxy) is 1. The van der Waals surface area contributed by atoms with Crippen molar-refractivity contribution < 1.29 is 31.5 Å². The Morgan fingerprint density at radius 2 is 1.32 bits per heavy atom. The third-order valence-corrected chi connectivity index (χ3v) is 2.78. The molecule has 0 spiro atoms. The largest absolute Gasteiger partial charge is 0.497 e. The Bertz CT molecular complexity index is 702. The van der Waals surface area contributed by atoms with Crippen molar-refractivity contribution in [2.24, 2.45) is 0 Å². The topological polar surface area (TPSA) is 38.3 Å². The number of nitrogens with one attached hydrogen (secondary N) is 1. The summed E-state index contributed by atoms with van der Waals surface area (Å²) < 4.78 is 70.8. The first-order valence-corrected chi connectivity index (χ1v) is 5.83. The highest BCUT2D eigenvalue weighted by Gasteiger charge is 2.29. The van der Waals surface area contributed by atoms with Crippen molar-refractivity contribution in [3.05, 3.63) is 58.9 Å². The summed E-state index contributed by atoms with van der Waals surface area (Å²) in [5, 5.41) is 2.03. The SMILES string of the molecule is COc1ccc(NC(=O)c2c(F)c(F)c(F)c(F)c2F)cc1. The van der Waals surface area contributed by atoms with Crippen LogP contribution in [-0.2, 0) is 0 Å². The average Bonchev–Trinajstić information content (AvgIpc) is 2.52. The molecule has 0 radical (unpaired) electrons. The number of methoxy groups -OCH3 is 1. The van der Waals surface area contributed by atoms with Crippen LogP contribution in [0.4, 0.5) is 27.6 Å². The van der Waals surface area contributed by atoms with Crippen molar-refractivity contribution in [2.75, 3.05) is 12.4 Å². The van der Waals surface area contributed by atoms with E-state index in [1.54, 1.807) is 0 Å². The second kappa shape index (κ2) is 6.00. The lowest BCUT2D eigenvalue weighted by Crippen LogP contribution is -2.19. The number of hydrogen-bond donors (Lipinski definition) is 1. The number of anilines is 1. The van der Waals surface area contributed by atoms with Gasteiger partial charge in [0, 0.05) is 5.69 Å². The Kier molecular flexibility index (Phi) is 4.30. The quantitative estimate of drug-likeness (QED) is 0.533. The Morgan fingerprint density at radius 3 is 1.77 bits per heavy atom. The van der Waals surface area contributed by atoms with Crippen LogP contribution in [-0.4, -0.2) is 13.0 Å². The molecular weight excluding hydrogens is 309 g/mol. The van der Waals surface area contributed by atoms with Crippen LogP contribution >= 0.6 is 0 Å². The van der Waals surface area contributed by atoms with Gasteiger partial charge in [0.15, 0.2) is 23.3 Å². The molecule has 0 aliphatic rings. The minimum atomic E-state index is -2.32. The summed E-state index contributed by atoms with van der Waals surface area (Å²) in [4.78, 5) is 11.7. The highest BCUT2D eigenvalue weighted by atomic mass is 19.2. The molecular formula is C14H8F5NO2. The van der Waals surface area contributed by atoms with Crippen molar-refractivity contribution >= 4 is 11.6 Å². The third-order valence-electron chi connectivity index (χ3n) is 2.78. The van der Waals surface area contributed by atoms with Gasteiger partial charge in [0.1, 0.15) is 11.3 Å². The molecule has 0 aromatic heterocycles. The predicted octanol–water partition coefficient (Wildman–Crippen LogP) is 3.64. The van der Waals surface area contributed by atoms with Gasteiger partial charge in [0.25, 0.3) is 5.91 Å². The molecule has 2 rings (SSSR count). The fourth-order valence-electron chi connectivity index (χ4n) is 1.67. The van der Waals surface area contributed by atoms with E-state index in [1.165, 1.54) is 31.4 Å². The van der Waals surface area contributed by atoms with Crippen LogP contribution in [0.25, 0.3) is 0 Å². The molecule has 0 saturated carbocycles. The molecule has 8 heteroatoms. The summed E-state index contributed by atoms with van der Waals surface area (Å²) in [5.41, 5.74) is -1.46. The third kappa shape index (κ3) is 2.72. The molecule has 1 N–H and O–H groups in total. The first-order valence-electron chi connectivity index (χ1n) is 5.83. The van der Waals surface area contributed by atoms with Crippen molar-refractivity contribution in [3.8, 4) is 5.75 Å². The molecule has 116 valence electrons. The number of carbonyl (C=O) groups is 1. The van der Waals surface area contributed by atoms with Crippen LogP contribution in [0.15, 0.2) is 24.3 Å². The maximum absolute atomic E-state index is 13.5. The number of benzene rings is 2. The lowest BCUT2D eigenvalue weighted by molar-refractivity contribution is 0.101. The number of carbonyl (C=O) groups excluding carboxylic acids is 1. The van der Waals surface area contributed by atoms with Gasteiger partial charge in [-0.3, -0.25) is 4.79 Å². The van der Waals surface area contributed by atoms with Crippen molar-refractivity contribution in [1.82, 2.24) is 0 Å². The molecule has 1 amide bonds. The second-order valence-electron chi connectivity index (χ2n) is 4.13. The van der Waals surface area contributed by atoms with E-state index in [9.17, 15) is 26.7 Å². The van der Waals surface area contributed by atoms with Gasteiger partial charge in [-0.25, -0.2) is 22.0 Å². The molecule has 2 aromatic rings. The predicted molar refractivity (Wildman–Crippen MR) is 67.2 cm³/mol. The van der Waals surface area contributed by atoms with E-state index < -0.39 is 40.6 Å². The van der Waals surface area contributed by atoms with Gasteiger partial charge in [-0.05, 0) is 24.3 Å². The minimum absolute atomic E-state index is 0.0924. The Morgan fingerprint density at radius 1 is 0.864 bits per heavy atom. The molecule has 0 heterocycles. The summed E-state index contributed by atoms with van der Waals surface area (Å²) in [6.45, 7) is 0. The summed E-state index contributed by atoms with van der Waals surface area (Å²) in [7, 11) is 1.41. The molecule has 0 unspecified atom stereocenters. The van der Waals surface area contributed by atoms with Crippen molar-refractivity contribution in [2.45, 2.75) is 0 Å².